The van der Waals surface area contributed by atoms with Crippen molar-refractivity contribution in [3.05, 3.63) is 54.1 Å². The largest absolute Gasteiger partial charge is 0.457 e. The van der Waals surface area contributed by atoms with Gasteiger partial charge in [0.05, 0.1) is 5.54 Å². The quantitative estimate of drug-likeness (QED) is 0.859. The van der Waals surface area contributed by atoms with Crippen LogP contribution in [-0.2, 0) is 11.3 Å². The van der Waals surface area contributed by atoms with Crippen LogP contribution in [0.1, 0.15) is 19.4 Å². The number of nitrogens with one attached hydrogen (secondary N) is 1. The van der Waals surface area contributed by atoms with Gasteiger partial charge in [-0.25, -0.2) is 4.39 Å². The van der Waals surface area contributed by atoms with Gasteiger partial charge < -0.3 is 10.5 Å². The van der Waals surface area contributed by atoms with Crippen molar-refractivity contribution in [2.24, 2.45) is 5.73 Å². The molecule has 1 aromatic heterocycles. The smallest absolute Gasteiger partial charge is 0.237 e. The van der Waals surface area contributed by atoms with E-state index >= 15 is 0 Å². The summed E-state index contributed by atoms with van der Waals surface area (Å²) >= 11 is 0. The molecule has 0 radical (unpaired) electrons. The highest BCUT2D eigenvalue weighted by molar-refractivity contribution is 5.83. The van der Waals surface area contributed by atoms with E-state index in [9.17, 15) is 9.18 Å². The van der Waals surface area contributed by atoms with Gasteiger partial charge >= 0.3 is 0 Å². The monoisotopic (exact) mass is 303 g/mol. The predicted octanol–water partition coefficient (Wildman–Crippen LogP) is 2.37. The zero-order chi connectivity index (χ0) is 16.2. The van der Waals surface area contributed by atoms with E-state index in [1.165, 1.54) is 12.1 Å². The number of ether oxygens (including phenoxy) is 1. The van der Waals surface area contributed by atoms with E-state index in [0.717, 1.165) is 5.56 Å². The Bertz CT molecular complexity index is 657. The Morgan fingerprint density at radius 2 is 2.00 bits per heavy atom. The maximum Gasteiger partial charge on any atom is 0.237 e. The van der Waals surface area contributed by atoms with Crippen molar-refractivity contribution in [1.29, 1.82) is 0 Å². The molecular weight excluding hydrogens is 285 g/mol. The van der Waals surface area contributed by atoms with Gasteiger partial charge in [0.1, 0.15) is 17.3 Å². The Labute approximate surface area is 128 Å². The van der Waals surface area contributed by atoms with Crippen molar-refractivity contribution >= 4 is 5.91 Å². The van der Waals surface area contributed by atoms with Gasteiger partial charge in [-0.3, -0.25) is 15.1 Å². The number of benzene rings is 1. The minimum Gasteiger partial charge on any atom is -0.457 e. The number of nitrogens with zero attached hydrogens (tertiary/aromatic N) is 1. The van der Waals surface area contributed by atoms with Crippen LogP contribution in [-0.4, -0.2) is 16.4 Å². The second kappa shape index (κ2) is 6.53. The first-order chi connectivity index (χ1) is 10.4. The molecule has 0 aliphatic rings. The maximum atomic E-state index is 12.9. The number of hydrogen-bond acceptors (Lipinski definition) is 4. The Morgan fingerprint density at radius 3 is 2.64 bits per heavy atom. The van der Waals surface area contributed by atoms with Gasteiger partial charge in [-0.05, 0) is 44.2 Å². The van der Waals surface area contributed by atoms with E-state index in [4.69, 9.17) is 10.5 Å². The number of nitrogens with two attached hydrogens (primary N) is 1. The van der Waals surface area contributed by atoms with Gasteiger partial charge in [0.25, 0.3) is 0 Å². The highest BCUT2D eigenvalue weighted by Gasteiger charge is 2.24. The van der Waals surface area contributed by atoms with Crippen LogP contribution in [0.5, 0.6) is 11.5 Å². The Morgan fingerprint density at radius 1 is 1.32 bits per heavy atom. The number of pyridine rings is 1. The second-order valence-corrected chi connectivity index (χ2v) is 5.38. The minimum absolute atomic E-state index is 0.327. The molecule has 1 heterocycles. The summed E-state index contributed by atoms with van der Waals surface area (Å²) in [4.78, 5) is 15.4. The number of amides is 1. The molecule has 2 aromatic rings. The number of rotatable bonds is 6. The number of primary amides is 1. The topological polar surface area (TPSA) is 77.2 Å². The van der Waals surface area contributed by atoms with Crippen LogP contribution in [0.15, 0.2) is 42.7 Å². The van der Waals surface area contributed by atoms with E-state index in [1.807, 2.05) is 0 Å². The summed E-state index contributed by atoms with van der Waals surface area (Å²) in [5, 5.41) is 3.06. The molecule has 0 bridgehead atoms. The van der Waals surface area contributed by atoms with Gasteiger partial charge in [-0.15, -0.1) is 0 Å². The van der Waals surface area contributed by atoms with E-state index in [-0.39, 0.29) is 5.82 Å². The molecule has 5 nitrogen and oxygen atoms in total. The van der Waals surface area contributed by atoms with Crippen molar-refractivity contribution in [2.45, 2.75) is 25.9 Å². The third-order valence-electron chi connectivity index (χ3n) is 3.24. The number of halogens is 1. The van der Waals surface area contributed by atoms with Gasteiger partial charge in [-0.1, -0.05) is 0 Å². The summed E-state index contributed by atoms with van der Waals surface area (Å²) in [6, 6.07) is 7.44. The lowest BCUT2D eigenvalue weighted by Crippen LogP contribution is -2.50. The fourth-order valence-electron chi connectivity index (χ4n) is 1.68. The maximum absolute atomic E-state index is 12.9. The molecule has 3 N–H and O–H groups in total. The first kappa shape index (κ1) is 15.9. The minimum atomic E-state index is -0.844. The molecule has 0 saturated carbocycles. The van der Waals surface area contributed by atoms with Crippen LogP contribution in [0.25, 0.3) is 0 Å². The molecule has 22 heavy (non-hydrogen) atoms. The summed E-state index contributed by atoms with van der Waals surface area (Å²) in [6.45, 7) is 3.76. The highest BCUT2D eigenvalue weighted by Crippen LogP contribution is 2.25. The molecule has 0 aliphatic carbocycles. The van der Waals surface area contributed by atoms with Crippen LogP contribution in [0.4, 0.5) is 4.39 Å². The zero-order valence-corrected chi connectivity index (χ0v) is 12.5. The lowest BCUT2D eigenvalue weighted by atomic mass is 10.0. The van der Waals surface area contributed by atoms with Crippen molar-refractivity contribution in [3.8, 4) is 11.5 Å². The van der Waals surface area contributed by atoms with Crippen LogP contribution in [0.3, 0.4) is 0 Å². The van der Waals surface area contributed by atoms with E-state index in [2.05, 4.69) is 10.3 Å². The first-order valence-corrected chi connectivity index (χ1v) is 6.80. The van der Waals surface area contributed by atoms with Crippen LogP contribution < -0.4 is 15.8 Å². The molecule has 1 amide bonds. The molecule has 0 spiro atoms. The Kier molecular flexibility index (Phi) is 4.72. The highest BCUT2D eigenvalue weighted by atomic mass is 19.1. The summed E-state index contributed by atoms with van der Waals surface area (Å²) in [7, 11) is 0. The number of hydrogen-bond donors (Lipinski definition) is 2. The molecule has 6 heteroatoms. The third-order valence-corrected chi connectivity index (χ3v) is 3.24. The number of aromatic nitrogens is 1. The number of carbonyl (C=O) groups is 1. The SMILES string of the molecule is CC(C)(NCc1cnccc1Oc1ccc(F)cc1)C(N)=O. The molecule has 116 valence electrons. The van der Waals surface area contributed by atoms with E-state index in [0.29, 0.717) is 18.0 Å². The zero-order valence-electron chi connectivity index (χ0n) is 12.5. The normalized spacial score (nSPS) is 11.2. The van der Waals surface area contributed by atoms with Crippen LogP contribution >= 0.6 is 0 Å². The molecule has 0 fully saturated rings. The third kappa shape index (κ3) is 4.02. The fourth-order valence-corrected chi connectivity index (χ4v) is 1.68. The lowest BCUT2D eigenvalue weighted by molar-refractivity contribution is -0.123. The Balaban J connectivity index is 2.13. The average Bonchev–Trinajstić information content (AvgIpc) is 2.48. The molecular formula is C16H18FN3O2. The van der Waals surface area contributed by atoms with Gasteiger partial charge in [0, 0.05) is 24.5 Å². The molecule has 0 atom stereocenters. The lowest BCUT2D eigenvalue weighted by Gasteiger charge is -2.22. The standard InChI is InChI=1S/C16H18FN3O2/c1-16(2,15(18)21)20-10-11-9-19-8-7-14(11)22-13-5-3-12(17)4-6-13/h3-9,20H,10H2,1-2H3,(H2,18,21). The number of carbonyl (C=O) groups excluding carboxylic acids is 1. The van der Waals surface area contributed by atoms with Crippen LogP contribution in [0.2, 0.25) is 0 Å². The van der Waals surface area contributed by atoms with Crippen molar-refractivity contribution in [1.82, 2.24) is 10.3 Å². The van der Waals surface area contributed by atoms with Crippen molar-refractivity contribution in [2.75, 3.05) is 0 Å². The molecule has 0 aliphatic heterocycles. The average molecular weight is 303 g/mol. The van der Waals surface area contributed by atoms with E-state index in [1.54, 1.807) is 44.4 Å². The van der Waals surface area contributed by atoms with E-state index < -0.39 is 11.4 Å². The van der Waals surface area contributed by atoms with Gasteiger partial charge in [-0.2, -0.15) is 0 Å². The second-order valence-electron chi connectivity index (χ2n) is 5.38. The summed E-state index contributed by atoms with van der Waals surface area (Å²) in [6.07, 6.45) is 3.24. The predicted molar refractivity (Wildman–Crippen MR) is 80.8 cm³/mol. The summed E-state index contributed by atoms with van der Waals surface area (Å²) in [5.41, 5.74) is 5.25. The van der Waals surface area contributed by atoms with Crippen molar-refractivity contribution < 1.29 is 13.9 Å². The Hall–Kier alpha value is -2.47. The molecule has 1 aromatic carbocycles. The summed E-state index contributed by atoms with van der Waals surface area (Å²) in [5.74, 6) is 0.321. The fraction of sp³-hybridized carbons (Fsp3) is 0.250. The molecule has 0 saturated heterocycles. The van der Waals surface area contributed by atoms with Gasteiger partial charge in [0.2, 0.25) is 5.91 Å². The summed E-state index contributed by atoms with van der Waals surface area (Å²) < 4.78 is 18.6. The molecule has 0 unspecified atom stereocenters. The first-order valence-electron chi connectivity index (χ1n) is 6.80. The van der Waals surface area contributed by atoms with Crippen molar-refractivity contribution in [3.63, 3.8) is 0 Å². The molecule has 2 rings (SSSR count). The van der Waals surface area contributed by atoms with Gasteiger partial charge in [0.15, 0.2) is 0 Å². The van der Waals surface area contributed by atoms with Crippen LogP contribution in [0, 0.1) is 5.82 Å².